The highest BCUT2D eigenvalue weighted by Gasteiger charge is 2.17. The fourth-order valence-electron chi connectivity index (χ4n) is 2.16. The van der Waals surface area contributed by atoms with Crippen LogP contribution in [-0.4, -0.2) is 19.2 Å². The summed E-state index contributed by atoms with van der Waals surface area (Å²) in [6.07, 6.45) is -0.651. The van der Waals surface area contributed by atoms with Crippen LogP contribution in [0.2, 0.25) is 0 Å². The molecule has 0 saturated carbocycles. The van der Waals surface area contributed by atoms with E-state index >= 15 is 0 Å². The third kappa shape index (κ3) is 4.83. The number of carbonyl (C=O) groups excluding carboxylic acids is 1. The molecular formula is C19H22O4. The summed E-state index contributed by atoms with van der Waals surface area (Å²) in [7, 11) is 1.61. The molecule has 0 aliphatic heterocycles. The van der Waals surface area contributed by atoms with E-state index in [4.69, 9.17) is 14.2 Å². The standard InChI is InChI=1S/C19H22O4/c1-13-8-9-18(14(2)10-13)23-19(20)15(3)22-12-16-6-5-7-17(11-16)21-4/h5-11,15H,12H2,1-4H3. The number of hydrogen-bond acceptors (Lipinski definition) is 4. The molecule has 1 unspecified atom stereocenters. The molecule has 0 heterocycles. The third-order valence-corrected chi connectivity index (χ3v) is 3.51. The van der Waals surface area contributed by atoms with Crippen LogP contribution in [0.3, 0.4) is 0 Å². The zero-order valence-electron chi connectivity index (χ0n) is 14.0. The molecule has 4 nitrogen and oxygen atoms in total. The second-order valence-corrected chi connectivity index (χ2v) is 5.49. The summed E-state index contributed by atoms with van der Waals surface area (Å²) >= 11 is 0. The van der Waals surface area contributed by atoms with Crippen LogP contribution in [0.15, 0.2) is 42.5 Å². The number of benzene rings is 2. The lowest BCUT2D eigenvalue weighted by atomic mass is 10.1. The second-order valence-electron chi connectivity index (χ2n) is 5.49. The number of ether oxygens (including phenoxy) is 3. The molecule has 0 aliphatic carbocycles. The van der Waals surface area contributed by atoms with E-state index in [1.54, 1.807) is 20.1 Å². The minimum Gasteiger partial charge on any atom is -0.497 e. The van der Waals surface area contributed by atoms with E-state index in [1.807, 2.05) is 50.2 Å². The quantitative estimate of drug-likeness (QED) is 0.600. The molecule has 0 fully saturated rings. The van der Waals surface area contributed by atoms with Crippen molar-refractivity contribution in [3.05, 3.63) is 59.2 Å². The monoisotopic (exact) mass is 314 g/mol. The van der Waals surface area contributed by atoms with Gasteiger partial charge in [-0.05, 0) is 50.1 Å². The molecule has 0 bridgehead atoms. The summed E-state index contributed by atoms with van der Waals surface area (Å²) in [5.41, 5.74) is 3.00. The minimum absolute atomic E-state index is 0.320. The lowest BCUT2D eigenvalue weighted by molar-refractivity contribution is -0.147. The van der Waals surface area contributed by atoms with Crippen molar-refractivity contribution in [1.29, 1.82) is 0 Å². The molecule has 2 rings (SSSR count). The molecule has 4 heteroatoms. The molecular weight excluding hydrogens is 292 g/mol. The minimum atomic E-state index is -0.651. The largest absolute Gasteiger partial charge is 0.497 e. The van der Waals surface area contributed by atoms with E-state index in [0.717, 1.165) is 22.4 Å². The van der Waals surface area contributed by atoms with Crippen molar-refractivity contribution < 1.29 is 19.0 Å². The van der Waals surface area contributed by atoms with Crippen molar-refractivity contribution in [2.75, 3.05) is 7.11 Å². The van der Waals surface area contributed by atoms with Crippen LogP contribution >= 0.6 is 0 Å². The van der Waals surface area contributed by atoms with Crippen molar-refractivity contribution in [3.63, 3.8) is 0 Å². The van der Waals surface area contributed by atoms with Gasteiger partial charge in [0.05, 0.1) is 13.7 Å². The average Bonchev–Trinajstić information content (AvgIpc) is 2.55. The van der Waals surface area contributed by atoms with Crippen molar-refractivity contribution in [1.82, 2.24) is 0 Å². The normalized spacial score (nSPS) is 11.8. The maximum absolute atomic E-state index is 12.1. The molecule has 0 aromatic heterocycles. The summed E-state index contributed by atoms with van der Waals surface area (Å²) in [5, 5.41) is 0. The van der Waals surface area contributed by atoms with Gasteiger partial charge in [0.2, 0.25) is 0 Å². The SMILES string of the molecule is COc1cccc(COC(C)C(=O)Oc2ccc(C)cc2C)c1. The van der Waals surface area contributed by atoms with Crippen LogP contribution in [0, 0.1) is 13.8 Å². The Morgan fingerprint density at radius 2 is 1.91 bits per heavy atom. The first kappa shape index (κ1) is 17.0. The van der Waals surface area contributed by atoms with Gasteiger partial charge >= 0.3 is 5.97 Å². The summed E-state index contributed by atoms with van der Waals surface area (Å²) in [5.74, 6) is 0.925. The maximum atomic E-state index is 12.1. The highest BCUT2D eigenvalue weighted by atomic mass is 16.6. The van der Waals surface area contributed by atoms with Gasteiger partial charge in [0, 0.05) is 0 Å². The van der Waals surface area contributed by atoms with Gasteiger partial charge in [0.15, 0.2) is 6.10 Å². The molecule has 23 heavy (non-hydrogen) atoms. The number of aryl methyl sites for hydroxylation is 2. The van der Waals surface area contributed by atoms with Gasteiger partial charge in [-0.1, -0.05) is 29.8 Å². The van der Waals surface area contributed by atoms with Crippen LogP contribution in [-0.2, 0) is 16.1 Å². The molecule has 1 atom stereocenters. The smallest absolute Gasteiger partial charge is 0.340 e. The van der Waals surface area contributed by atoms with Gasteiger partial charge in [-0.15, -0.1) is 0 Å². The zero-order valence-corrected chi connectivity index (χ0v) is 14.0. The zero-order chi connectivity index (χ0) is 16.8. The van der Waals surface area contributed by atoms with E-state index < -0.39 is 12.1 Å². The van der Waals surface area contributed by atoms with Crippen LogP contribution < -0.4 is 9.47 Å². The first-order chi connectivity index (χ1) is 11.0. The van der Waals surface area contributed by atoms with Crippen LogP contribution in [0.1, 0.15) is 23.6 Å². The lowest BCUT2D eigenvalue weighted by Crippen LogP contribution is -2.26. The Morgan fingerprint density at radius 3 is 2.61 bits per heavy atom. The summed E-state index contributed by atoms with van der Waals surface area (Å²) < 4.78 is 16.2. The lowest BCUT2D eigenvalue weighted by Gasteiger charge is -2.14. The Hall–Kier alpha value is -2.33. The van der Waals surface area contributed by atoms with E-state index in [1.165, 1.54) is 0 Å². The average molecular weight is 314 g/mol. The number of rotatable bonds is 6. The summed E-state index contributed by atoms with van der Waals surface area (Å²) in [4.78, 5) is 12.1. The Morgan fingerprint density at radius 1 is 1.13 bits per heavy atom. The van der Waals surface area contributed by atoms with Gasteiger partial charge in [0.1, 0.15) is 11.5 Å². The summed E-state index contributed by atoms with van der Waals surface area (Å²) in [6.45, 7) is 5.92. The Bertz CT molecular complexity index is 679. The van der Waals surface area contributed by atoms with Gasteiger partial charge < -0.3 is 14.2 Å². The highest BCUT2D eigenvalue weighted by molar-refractivity contribution is 5.77. The Balaban J connectivity index is 1.91. The molecule has 0 spiro atoms. The van der Waals surface area contributed by atoms with Crippen molar-refractivity contribution in [2.45, 2.75) is 33.5 Å². The predicted octanol–water partition coefficient (Wildman–Crippen LogP) is 3.82. The maximum Gasteiger partial charge on any atom is 0.340 e. The third-order valence-electron chi connectivity index (χ3n) is 3.51. The van der Waals surface area contributed by atoms with Crippen LogP contribution in [0.25, 0.3) is 0 Å². The van der Waals surface area contributed by atoms with E-state index in [-0.39, 0.29) is 0 Å². The van der Waals surface area contributed by atoms with Crippen LogP contribution in [0.4, 0.5) is 0 Å². The van der Waals surface area contributed by atoms with Crippen molar-refractivity contribution >= 4 is 5.97 Å². The van der Waals surface area contributed by atoms with E-state index in [2.05, 4.69) is 0 Å². The fraction of sp³-hybridized carbons (Fsp3) is 0.316. The van der Waals surface area contributed by atoms with E-state index in [0.29, 0.717) is 12.4 Å². The number of hydrogen-bond donors (Lipinski definition) is 0. The Labute approximate surface area is 137 Å². The van der Waals surface area contributed by atoms with Crippen LogP contribution in [0.5, 0.6) is 11.5 Å². The highest BCUT2D eigenvalue weighted by Crippen LogP contribution is 2.20. The first-order valence-electron chi connectivity index (χ1n) is 7.53. The van der Waals surface area contributed by atoms with Gasteiger partial charge in [0.25, 0.3) is 0 Å². The number of esters is 1. The van der Waals surface area contributed by atoms with Gasteiger partial charge in [-0.2, -0.15) is 0 Å². The first-order valence-corrected chi connectivity index (χ1v) is 7.53. The molecule has 0 amide bonds. The van der Waals surface area contributed by atoms with Gasteiger partial charge in [-0.3, -0.25) is 0 Å². The molecule has 2 aromatic carbocycles. The van der Waals surface area contributed by atoms with Crippen molar-refractivity contribution in [2.24, 2.45) is 0 Å². The number of methoxy groups -OCH3 is 1. The molecule has 0 saturated heterocycles. The molecule has 2 aromatic rings. The Kier molecular flexibility index (Phi) is 5.77. The summed E-state index contributed by atoms with van der Waals surface area (Å²) in [6, 6.07) is 13.2. The second kappa shape index (κ2) is 7.79. The number of carbonyl (C=O) groups is 1. The van der Waals surface area contributed by atoms with Crippen molar-refractivity contribution in [3.8, 4) is 11.5 Å². The van der Waals surface area contributed by atoms with E-state index in [9.17, 15) is 4.79 Å². The molecule has 0 aliphatic rings. The molecule has 0 N–H and O–H groups in total. The fourth-order valence-corrected chi connectivity index (χ4v) is 2.16. The molecule has 122 valence electrons. The molecule has 0 radical (unpaired) electrons. The van der Waals surface area contributed by atoms with Gasteiger partial charge in [-0.25, -0.2) is 4.79 Å². The topological polar surface area (TPSA) is 44.8 Å². The predicted molar refractivity (Wildman–Crippen MR) is 88.8 cm³/mol.